The molecule has 0 aromatic carbocycles. The highest BCUT2D eigenvalue weighted by Gasteiger charge is 2.45. The van der Waals surface area contributed by atoms with E-state index in [-0.39, 0.29) is 0 Å². The summed E-state index contributed by atoms with van der Waals surface area (Å²) in [7, 11) is 1.17. The first kappa shape index (κ1) is 23.2. The molecule has 0 aliphatic rings. The molecule has 5 nitrogen and oxygen atoms in total. The highest BCUT2D eigenvalue weighted by atomic mass is 28.4. The molecule has 1 aromatic heterocycles. The van der Waals surface area contributed by atoms with Crippen molar-refractivity contribution in [3.8, 4) is 0 Å². The van der Waals surface area contributed by atoms with Crippen LogP contribution in [-0.2, 0) is 20.5 Å². The largest absolute Gasteiger partial charge is 0.412 e. The summed E-state index contributed by atoms with van der Waals surface area (Å²) in [5.74, 6) is 0. The molecule has 150 valence electrons. The molecule has 1 atom stereocenters. The maximum atomic E-state index is 10.2. The summed E-state index contributed by atoms with van der Waals surface area (Å²) in [6.45, 7) is 15.8. The minimum Gasteiger partial charge on any atom is -0.412 e. The molecule has 6 heteroatoms. The van der Waals surface area contributed by atoms with E-state index in [9.17, 15) is 5.11 Å². The van der Waals surface area contributed by atoms with Crippen LogP contribution >= 0.6 is 0 Å². The third-order valence-electron chi connectivity index (χ3n) is 5.28. The lowest BCUT2D eigenvalue weighted by atomic mass is 10.1. The predicted octanol–water partition coefficient (Wildman–Crippen LogP) is 5.12. The van der Waals surface area contributed by atoms with E-state index in [0.717, 1.165) is 5.56 Å². The smallest absolute Gasteiger partial charge is 0.200 e. The lowest BCUT2D eigenvalue weighted by Gasteiger charge is -2.42. The number of nitrogens with zero attached hydrogens (tertiary/aromatic N) is 1. The molecule has 0 aliphatic heterocycles. The van der Waals surface area contributed by atoms with Gasteiger partial charge in [0.25, 0.3) is 0 Å². The number of hydrogen-bond donors (Lipinski definition) is 1. The maximum Gasteiger partial charge on any atom is 0.200 e. The normalized spacial score (nSPS) is 14.1. The molecule has 0 aliphatic carbocycles. The first-order valence-electron chi connectivity index (χ1n) is 9.49. The van der Waals surface area contributed by atoms with E-state index >= 15 is 0 Å². The fraction of sp³-hybridized carbons (Fsp3) is 0.750. The highest BCUT2D eigenvalue weighted by Crippen LogP contribution is 2.43. The molecular formula is C20H37NO4Si. The molecule has 1 heterocycles. The van der Waals surface area contributed by atoms with Crippen molar-refractivity contribution in [3.05, 3.63) is 29.1 Å². The van der Waals surface area contributed by atoms with E-state index in [2.05, 4.69) is 46.5 Å². The van der Waals surface area contributed by atoms with Gasteiger partial charge in [0.05, 0.1) is 24.1 Å². The van der Waals surface area contributed by atoms with Gasteiger partial charge >= 0.3 is 0 Å². The van der Waals surface area contributed by atoms with Gasteiger partial charge in [-0.25, -0.2) is 4.98 Å². The number of pyridine rings is 1. The lowest BCUT2D eigenvalue weighted by molar-refractivity contribution is -0.108. The van der Waals surface area contributed by atoms with Crippen molar-refractivity contribution in [1.82, 2.24) is 4.98 Å². The van der Waals surface area contributed by atoms with Crippen LogP contribution in [-0.4, -0.2) is 32.6 Å². The van der Waals surface area contributed by atoms with Crippen molar-refractivity contribution >= 4 is 8.32 Å². The van der Waals surface area contributed by atoms with E-state index in [1.54, 1.807) is 21.1 Å². The fourth-order valence-electron chi connectivity index (χ4n) is 4.18. The topological polar surface area (TPSA) is 60.8 Å². The minimum atomic E-state index is -1.98. The summed E-state index contributed by atoms with van der Waals surface area (Å²) in [6, 6.07) is 3.85. The molecule has 26 heavy (non-hydrogen) atoms. The Morgan fingerprint density at radius 2 is 1.42 bits per heavy atom. The van der Waals surface area contributed by atoms with Crippen molar-refractivity contribution < 1.29 is 19.0 Å². The molecule has 1 aromatic rings. The fourth-order valence-corrected chi connectivity index (χ4v) is 9.58. The van der Waals surface area contributed by atoms with E-state index in [0.29, 0.717) is 34.6 Å². The van der Waals surface area contributed by atoms with Crippen LogP contribution in [0.3, 0.4) is 0 Å². The lowest BCUT2D eigenvalue weighted by Crippen LogP contribution is -2.47. The van der Waals surface area contributed by atoms with Crippen LogP contribution in [0.5, 0.6) is 0 Å². The number of aliphatic hydroxyl groups is 1. The van der Waals surface area contributed by atoms with Gasteiger partial charge in [0, 0.05) is 19.8 Å². The number of aromatic nitrogens is 1. The zero-order chi connectivity index (χ0) is 20.1. The van der Waals surface area contributed by atoms with Gasteiger partial charge in [-0.05, 0) is 29.6 Å². The average molecular weight is 384 g/mol. The molecule has 0 bridgehead atoms. The van der Waals surface area contributed by atoms with Gasteiger partial charge in [-0.15, -0.1) is 0 Å². The van der Waals surface area contributed by atoms with Crippen molar-refractivity contribution in [2.24, 2.45) is 0 Å². The number of ether oxygens (including phenoxy) is 2. The summed E-state index contributed by atoms with van der Waals surface area (Å²) in [5.41, 5.74) is 3.73. The average Bonchev–Trinajstić information content (AvgIpc) is 2.56. The quantitative estimate of drug-likeness (QED) is 0.449. The van der Waals surface area contributed by atoms with Crippen LogP contribution < -0.4 is 0 Å². The van der Waals surface area contributed by atoms with E-state index in [1.807, 2.05) is 12.1 Å². The third-order valence-corrected chi connectivity index (χ3v) is 11.3. The zero-order valence-corrected chi connectivity index (χ0v) is 18.9. The number of aliphatic hydroxyl groups excluding tert-OH is 1. The Kier molecular flexibility index (Phi) is 8.89. The summed E-state index contributed by atoms with van der Waals surface area (Å²) < 4.78 is 17.2. The summed E-state index contributed by atoms with van der Waals surface area (Å²) in [6.07, 6.45) is -1.23. The van der Waals surface area contributed by atoms with Gasteiger partial charge in [-0.3, -0.25) is 0 Å². The molecule has 0 amide bonds. The van der Waals surface area contributed by atoms with E-state index in [1.165, 1.54) is 0 Å². The van der Waals surface area contributed by atoms with Crippen molar-refractivity contribution in [1.29, 1.82) is 0 Å². The Morgan fingerprint density at radius 1 is 0.923 bits per heavy atom. The molecule has 1 unspecified atom stereocenters. The Balaban J connectivity index is 3.19. The summed E-state index contributed by atoms with van der Waals surface area (Å²) >= 11 is 0. The monoisotopic (exact) mass is 383 g/mol. The van der Waals surface area contributed by atoms with Crippen LogP contribution in [0.1, 0.15) is 77.8 Å². The SMILES string of the molecule is COC(OC)c1ccc(CO[Si](C(C)C)(C(C)C)C(C)C)c(C(C)O)n1. The number of hydrogen-bond acceptors (Lipinski definition) is 5. The Morgan fingerprint density at radius 3 is 1.81 bits per heavy atom. The molecule has 1 rings (SSSR count). The predicted molar refractivity (Wildman–Crippen MR) is 107 cm³/mol. The van der Waals surface area contributed by atoms with E-state index in [4.69, 9.17) is 13.9 Å². The van der Waals surface area contributed by atoms with Gasteiger partial charge in [-0.1, -0.05) is 47.6 Å². The molecule has 0 saturated carbocycles. The van der Waals surface area contributed by atoms with E-state index < -0.39 is 20.7 Å². The van der Waals surface area contributed by atoms with Gasteiger partial charge in [-0.2, -0.15) is 0 Å². The molecular weight excluding hydrogens is 346 g/mol. The Labute approximate surface area is 160 Å². The van der Waals surface area contributed by atoms with Crippen LogP contribution in [0.15, 0.2) is 12.1 Å². The van der Waals surface area contributed by atoms with Crippen LogP contribution in [0.25, 0.3) is 0 Å². The van der Waals surface area contributed by atoms with Gasteiger partial charge in [0.1, 0.15) is 0 Å². The second-order valence-corrected chi connectivity index (χ2v) is 13.3. The van der Waals surface area contributed by atoms with Crippen LogP contribution in [0.4, 0.5) is 0 Å². The first-order chi connectivity index (χ1) is 12.1. The molecule has 0 spiro atoms. The summed E-state index contributed by atoms with van der Waals surface area (Å²) in [5, 5.41) is 10.2. The second kappa shape index (κ2) is 9.94. The maximum absolute atomic E-state index is 10.2. The van der Waals surface area contributed by atoms with Crippen molar-refractivity contribution in [2.75, 3.05) is 14.2 Å². The van der Waals surface area contributed by atoms with Crippen molar-refractivity contribution in [2.45, 2.75) is 84.1 Å². The Bertz CT molecular complexity index is 535. The number of rotatable bonds is 10. The zero-order valence-electron chi connectivity index (χ0n) is 17.9. The molecule has 0 radical (unpaired) electrons. The molecule has 0 fully saturated rings. The van der Waals surface area contributed by atoms with Gasteiger partial charge in [0.2, 0.25) is 14.6 Å². The van der Waals surface area contributed by atoms with Crippen LogP contribution in [0, 0.1) is 0 Å². The third kappa shape index (κ3) is 4.92. The molecule has 0 saturated heterocycles. The van der Waals surface area contributed by atoms with Gasteiger partial charge in [0.15, 0.2) is 0 Å². The van der Waals surface area contributed by atoms with Crippen molar-refractivity contribution in [3.63, 3.8) is 0 Å². The molecule has 1 N–H and O–H groups in total. The van der Waals surface area contributed by atoms with Gasteiger partial charge < -0.3 is 19.0 Å². The highest BCUT2D eigenvalue weighted by molar-refractivity contribution is 6.77. The Hall–Kier alpha value is -0.793. The standard InChI is InChI=1S/C20H37NO4Si/c1-13(2)26(14(3)4,15(5)6)25-12-17-10-11-18(20(23-8)24-9)21-19(17)16(7)22/h10-11,13-16,20,22H,12H2,1-9H3. The van der Waals surface area contributed by atoms with Crippen LogP contribution in [0.2, 0.25) is 16.6 Å². The minimum absolute atomic E-state index is 0.471. The first-order valence-corrected chi connectivity index (χ1v) is 11.6. The summed E-state index contributed by atoms with van der Waals surface area (Å²) in [4.78, 5) is 4.58. The number of methoxy groups -OCH3 is 2. The second-order valence-electron chi connectivity index (χ2n) is 7.87.